The van der Waals surface area contributed by atoms with Crippen molar-refractivity contribution >= 4 is 24.4 Å². The molecule has 2 N–H and O–H groups in total. The van der Waals surface area contributed by atoms with Gasteiger partial charge in [-0.25, -0.2) is 14.4 Å². The Labute approximate surface area is 242 Å². The first-order chi connectivity index (χ1) is 19.3. The highest BCUT2D eigenvalue weighted by atomic mass is 16.7. The van der Waals surface area contributed by atoms with Crippen LogP contribution in [0.15, 0.2) is 18.2 Å². The lowest BCUT2D eigenvalue weighted by molar-refractivity contribution is -0.155. The minimum absolute atomic E-state index is 0.00277. The van der Waals surface area contributed by atoms with Crippen LogP contribution in [0, 0.1) is 11.8 Å². The molecule has 0 unspecified atom stereocenters. The average Bonchev–Trinajstić information content (AvgIpc) is 2.88. The van der Waals surface area contributed by atoms with Gasteiger partial charge in [0, 0.05) is 0 Å². The van der Waals surface area contributed by atoms with Crippen LogP contribution in [0.5, 0.6) is 11.5 Å². The smallest absolute Gasteiger partial charge is 0.458 e. The molecule has 0 radical (unpaired) electrons. The van der Waals surface area contributed by atoms with Crippen LogP contribution in [-0.2, 0) is 34.9 Å². The fourth-order valence-electron chi connectivity index (χ4n) is 3.01. The predicted octanol–water partition coefficient (Wildman–Crippen LogP) is 5.56. The summed E-state index contributed by atoms with van der Waals surface area (Å²) in [5, 5.41) is 0. The van der Waals surface area contributed by atoms with Crippen LogP contribution >= 0.6 is 0 Å². The van der Waals surface area contributed by atoms with Gasteiger partial charge in [-0.2, -0.15) is 0 Å². The monoisotopic (exact) mass is 583 g/mol. The lowest BCUT2D eigenvalue weighted by Crippen LogP contribution is -2.39. The first kappa shape index (κ1) is 35.5. The third-order valence-corrected chi connectivity index (χ3v) is 5.65. The summed E-state index contributed by atoms with van der Waals surface area (Å²) in [5.41, 5.74) is 6.55. The number of esters is 1. The van der Waals surface area contributed by atoms with Gasteiger partial charge < -0.3 is 38.9 Å². The van der Waals surface area contributed by atoms with Gasteiger partial charge in [-0.15, -0.1) is 0 Å². The third-order valence-electron chi connectivity index (χ3n) is 5.65. The first-order valence-electron chi connectivity index (χ1n) is 13.9. The Hall–Kier alpha value is -3.54. The van der Waals surface area contributed by atoms with Gasteiger partial charge in [0.15, 0.2) is 11.5 Å². The van der Waals surface area contributed by atoms with Gasteiger partial charge in [-0.3, -0.25) is 4.79 Å². The van der Waals surface area contributed by atoms with Crippen molar-refractivity contribution in [2.75, 3.05) is 19.8 Å². The highest BCUT2D eigenvalue weighted by molar-refractivity contribution is 5.76. The van der Waals surface area contributed by atoms with Gasteiger partial charge in [0.05, 0.1) is 19.8 Å². The Morgan fingerprint density at radius 2 is 1.22 bits per heavy atom. The number of nitrogens with two attached hydrogens (primary N) is 1. The maximum atomic E-state index is 12.6. The summed E-state index contributed by atoms with van der Waals surface area (Å²) in [6.07, 6.45) is -2.42. The van der Waals surface area contributed by atoms with Crippen molar-refractivity contribution in [3.63, 3.8) is 0 Å². The topological polar surface area (TPSA) is 159 Å². The largest absolute Gasteiger partial charge is 0.513 e. The number of ether oxygens (including phenoxy) is 7. The minimum atomic E-state index is -1.10. The lowest BCUT2D eigenvalue weighted by Gasteiger charge is -2.22. The van der Waals surface area contributed by atoms with E-state index in [0.717, 1.165) is 0 Å². The first-order valence-corrected chi connectivity index (χ1v) is 13.9. The summed E-state index contributed by atoms with van der Waals surface area (Å²) in [4.78, 5) is 48.7. The molecule has 1 aromatic carbocycles. The van der Waals surface area contributed by atoms with Gasteiger partial charge in [0.2, 0.25) is 0 Å². The summed E-state index contributed by atoms with van der Waals surface area (Å²) >= 11 is 0. The minimum Gasteiger partial charge on any atom is -0.458 e. The van der Waals surface area contributed by atoms with Crippen molar-refractivity contribution < 1.29 is 52.3 Å². The zero-order valence-corrected chi connectivity index (χ0v) is 25.1. The van der Waals surface area contributed by atoms with Gasteiger partial charge in [-0.05, 0) is 69.1 Å². The van der Waals surface area contributed by atoms with Crippen molar-refractivity contribution in [2.45, 2.75) is 92.4 Å². The molecule has 0 spiro atoms. The second-order valence-electron chi connectivity index (χ2n) is 10.4. The summed E-state index contributed by atoms with van der Waals surface area (Å²) < 4.78 is 36.0. The Kier molecular flexibility index (Phi) is 16.2. The SMILES string of the molecule is CCCOC(=O)O[C@@H](C)[C@H](C)OC(=O)[C@@H](N)Cc1ccc(OC(=O)OCCC(C)C)c(OC(=O)OCCC(C)C)c1. The van der Waals surface area contributed by atoms with Crippen LogP contribution in [0.2, 0.25) is 0 Å². The quantitative estimate of drug-likeness (QED) is 0.147. The molecule has 0 saturated carbocycles. The molecule has 12 nitrogen and oxygen atoms in total. The molecule has 41 heavy (non-hydrogen) atoms. The lowest BCUT2D eigenvalue weighted by atomic mass is 10.1. The Balaban J connectivity index is 2.90. The van der Waals surface area contributed by atoms with Crippen molar-refractivity contribution in [3.05, 3.63) is 23.8 Å². The maximum Gasteiger partial charge on any atom is 0.513 e. The molecule has 0 aliphatic heterocycles. The molecule has 0 aliphatic rings. The Morgan fingerprint density at radius 1 is 0.707 bits per heavy atom. The second kappa shape index (κ2) is 18.7. The van der Waals surface area contributed by atoms with Crippen LogP contribution in [-0.4, -0.2) is 62.5 Å². The molecule has 0 aliphatic carbocycles. The van der Waals surface area contributed by atoms with E-state index < -0.39 is 42.7 Å². The van der Waals surface area contributed by atoms with E-state index in [4.69, 9.17) is 38.9 Å². The molecular weight excluding hydrogens is 538 g/mol. The number of rotatable bonds is 16. The standard InChI is InChI=1S/C29H45NO11/c1-8-13-35-27(32)39-21(7)20(6)38-26(31)23(30)16-22-9-10-24(40-28(33)36-14-11-18(2)3)25(17-22)41-29(34)37-15-12-19(4)5/h9-10,17-21,23H,8,11-16,30H2,1-7H3/t20-,21-,23-/m0/s1. The van der Waals surface area contributed by atoms with E-state index in [0.29, 0.717) is 36.7 Å². The van der Waals surface area contributed by atoms with Gasteiger partial charge in [-0.1, -0.05) is 40.7 Å². The zero-order chi connectivity index (χ0) is 30.9. The normalized spacial score (nSPS) is 13.1. The Bertz CT molecular complexity index is 980. The summed E-state index contributed by atoms with van der Waals surface area (Å²) in [6.45, 7) is 13.5. The fraction of sp³-hybridized carbons (Fsp3) is 0.655. The van der Waals surface area contributed by atoms with E-state index in [2.05, 4.69) is 0 Å². The van der Waals surface area contributed by atoms with Crippen LogP contribution in [0.4, 0.5) is 14.4 Å². The van der Waals surface area contributed by atoms with Gasteiger partial charge in [0.1, 0.15) is 18.2 Å². The number of carbonyl (C=O) groups excluding carboxylic acids is 4. The van der Waals surface area contributed by atoms with Gasteiger partial charge >= 0.3 is 24.4 Å². The van der Waals surface area contributed by atoms with Gasteiger partial charge in [0.25, 0.3) is 0 Å². The summed E-state index contributed by atoms with van der Waals surface area (Å²) in [5.74, 6) is -0.272. The molecule has 0 heterocycles. The highest BCUT2D eigenvalue weighted by Crippen LogP contribution is 2.30. The molecule has 0 bridgehead atoms. The second-order valence-corrected chi connectivity index (χ2v) is 10.4. The molecule has 3 atom stereocenters. The molecule has 0 fully saturated rings. The van der Waals surface area contributed by atoms with Crippen LogP contribution in [0.3, 0.4) is 0 Å². The maximum absolute atomic E-state index is 12.6. The number of benzene rings is 1. The van der Waals surface area contributed by atoms with Crippen LogP contribution < -0.4 is 15.2 Å². The molecule has 232 valence electrons. The van der Waals surface area contributed by atoms with Crippen molar-refractivity contribution in [2.24, 2.45) is 17.6 Å². The highest BCUT2D eigenvalue weighted by Gasteiger charge is 2.25. The number of hydrogen-bond acceptors (Lipinski definition) is 12. The molecule has 1 aromatic rings. The molecule has 0 amide bonds. The van der Waals surface area contributed by atoms with E-state index in [1.54, 1.807) is 19.9 Å². The van der Waals surface area contributed by atoms with Crippen LogP contribution in [0.25, 0.3) is 0 Å². The molecule has 1 rings (SSSR count). The van der Waals surface area contributed by atoms with E-state index >= 15 is 0 Å². The summed E-state index contributed by atoms with van der Waals surface area (Å²) in [6, 6.07) is 3.26. The Morgan fingerprint density at radius 3 is 1.76 bits per heavy atom. The predicted molar refractivity (Wildman–Crippen MR) is 149 cm³/mol. The van der Waals surface area contributed by atoms with Crippen molar-refractivity contribution in [1.29, 1.82) is 0 Å². The molecule has 12 heteroatoms. The molecule has 0 aromatic heterocycles. The van der Waals surface area contributed by atoms with E-state index in [1.165, 1.54) is 12.1 Å². The third kappa shape index (κ3) is 15.1. The summed E-state index contributed by atoms with van der Waals surface area (Å²) in [7, 11) is 0. The van der Waals surface area contributed by atoms with E-state index in [9.17, 15) is 19.2 Å². The molecule has 0 saturated heterocycles. The van der Waals surface area contributed by atoms with Crippen LogP contribution in [0.1, 0.15) is 73.3 Å². The zero-order valence-electron chi connectivity index (χ0n) is 25.1. The number of carbonyl (C=O) groups is 4. The fourth-order valence-corrected chi connectivity index (χ4v) is 3.01. The van der Waals surface area contributed by atoms with Crippen molar-refractivity contribution in [3.8, 4) is 11.5 Å². The van der Waals surface area contributed by atoms with E-state index in [-0.39, 0.29) is 37.7 Å². The number of hydrogen-bond donors (Lipinski definition) is 1. The van der Waals surface area contributed by atoms with E-state index in [1.807, 2.05) is 34.6 Å². The molecular formula is C29H45NO11. The average molecular weight is 584 g/mol. The van der Waals surface area contributed by atoms with Crippen molar-refractivity contribution in [1.82, 2.24) is 0 Å².